The molecule has 7 heteroatoms. The van der Waals surface area contributed by atoms with E-state index in [0.717, 1.165) is 5.56 Å². The van der Waals surface area contributed by atoms with Gasteiger partial charge in [0.1, 0.15) is 0 Å². The van der Waals surface area contributed by atoms with Gasteiger partial charge in [0, 0.05) is 12.4 Å². The van der Waals surface area contributed by atoms with Crippen molar-refractivity contribution in [1.29, 1.82) is 0 Å². The van der Waals surface area contributed by atoms with Gasteiger partial charge < -0.3 is 19.7 Å². The molecule has 3 heterocycles. The number of hydrogen-bond acceptors (Lipinski definition) is 7. The molecule has 0 spiro atoms. The van der Waals surface area contributed by atoms with E-state index in [1.165, 1.54) is 0 Å². The highest BCUT2D eigenvalue weighted by Crippen LogP contribution is 2.40. The number of aromatic nitrogens is 3. The molecule has 1 aliphatic heterocycles. The third-order valence-electron chi connectivity index (χ3n) is 3.16. The van der Waals surface area contributed by atoms with E-state index in [4.69, 9.17) is 19.7 Å². The van der Waals surface area contributed by atoms with Crippen LogP contribution in [0.5, 0.6) is 11.5 Å². The number of fused-ring (bicyclic) bond motifs is 1. The summed E-state index contributed by atoms with van der Waals surface area (Å²) in [7, 11) is 0. The average Bonchev–Trinajstić information content (AvgIpc) is 3.13. The Balaban J connectivity index is 1.87. The molecule has 0 fully saturated rings. The van der Waals surface area contributed by atoms with Gasteiger partial charge in [-0.25, -0.2) is 9.97 Å². The van der Waals surface area contributed by atoms with Gasteiger partial charge in [0.05, 0.1) is 5.56 Å². The summed E-state index contributed by atoms with van der Waals surface area (Å²) in [4.78, 5) is 8.35. The first-order valence-corrected chi connectivity index (χ1v) is 6.25. The summed E-state index contributed by atoms with van der Waals surface area (Å²) in [5.41, 5.74) is 7.84. The third-order valence-corrected chi connectivity index (χ3v) is 3.16. The molecule has 2 N–H and O–H groups in total. The number of hydrogen-bond donors (Lipinski definition) is 1. The molecule has 2 aromatic heterocycles. The van der Waals surface area contributed by atoms with Gasteiger partial charge in [-0.05, 0) is 23.8 Å². The predicted molar refractivity (Wildman–Crippen MR) is 73.5 cm³/mol. The van der Waals surface area contributed by atoms with Crippen LogP contribution in [0.1, 0.15) is 0 Å². The molecule has 0 atom stereocenters. The van der Waals surface area contributed by atoms with Crippen LogP contribution in [0.25, 0.3) is 22.6 Å². The van der Waals surface area contributed by atoms with Crippen molar-refractivity contribution in [2.75, 3.05) is 12.5 Å². The van der Waals surface area contributed by atoms with E-state index in [9.17, 15) is 0 Å². The van der Waals surface area contributed by atoms with E-state index in [1.807, 2.05) is 18.2 Å². The van der Waals surface area contributed by atoms with Crippen molar-refractivity contribution in [3.05, 3.63) is 36.7 Å². The van der Waals surface area contributed by atoms with Crippen LogP contribution in [0, 0.1) is 0 Å². The first-order valence-electron chi connectivity index (χ1n) is 6.25. The highest BCUT2D eigenvalue weighted by Gasteiger charge is 2.22. The Morgan fingerprint density at radius 3 is 2.71 bits per heavy atom. The fraction of sp³-hybridized carbons (Fsp3) is 0.0714. The summed E-state index contributed by atoms with van der Waals surface area (Å²) >= 11 is 0. The molecular formula is C14H10N4O3. The van der Waals surface area contributed by atoms with Crippen LogP contribution >= 0.6 is 0 Å². The van der Waals surface area contributed by atoms with Crippen molar-refractivity contribution < 1.29 is 14.0 Å². The van der Waals surface area contributed by atoms with Gasteiger partial charge in [0.25, 0.3) is 0 Å². The number of nitrogens with zero attached hydrogens (tertiary/aromatic N) is 3. The molecule has 0 radical (unpaired) electrons. The molecule has 0 saturated heterocycles. The minimum atomic E-state index is 0.205. The lowest BCUT2D eigenvalue weighted by Gasteiger charge is -2.03. The molecule has 21 heavy (non-hydrogen) atoms. The summed E-state index contributed by atoms with van der Waals surface area (Å²) in [5, 5.41) is 3.96. The number of benzene rings is 1. The van der Waals surface area contributed by atoms with Crippen LogP contribution < -0.4 is 15.2 Å². The number of ether oxygens (including phenoxy) is 2. The smallest absolute Gasteiger partial charge is 0.231 e. The third kappa shape index (κ3) is 1.86. The standard InChI is InChI=1S/C14H10N4O3/c15-13-11(8-2-3-9-10(6-8)20-7-19-9)12(18-21-13)14-16-4-1-5-17-14/h1-6H,7,15H2. The monoisotopic (exact) mass is 282 g/mol. The fourth-order valence-corrected chi connectivity index (χ4v) is 2.21. The second-order valence-electron chi connectivity index (χ2n) is 4.41. The number of rotatable bonds is 2. The molecule has 7 nitrogen and oxygen atoms in total. The number of nitrogen functional groups attached to an aromatic ring is 1. The molecular weight excluding hydrogens is 272 g/mol. The lowest BCUT2D eigenvalue weighted by molar-refractivity contribution is 0.174. The van der Waals surface area contributed by atoms with E-state index in [0.29, 0.717) is 28.6 Å². The SMILES string of the molecule is Nc1onc(-c2ncccn2)c1-c1ccc2c(c1)OCO2. The maximum absolute atomic E-state index is 5.90. The normalized spacial score (nSPS) is 12.6. The largest absolute Gasteiger partial charge is 0.454 e. The molecule has 0 unspecified atom stereocenters. The maximum atomic E-state index is 5.90. The lowest BCUT2D eigenvalue weighted by atomic mass is 10.0. The van der Waals surface area contributed by atoms with Crippen LogP contribution in [-0.4, -0.2) is 21.9 Å². The quantitative estimate of drug-likeness (QED) is 0.768. The Bertz CT molecular complexity index is 801. The number of nitrogens with two attached hydrogens (primary N) is 1. The predicted octanol–water partition coefficient (Wildman–Crippen LogP) is 2.11. The van der Waals surface area contributed by atoms with Gasteiger partial charge in [0.15, 0.2) is 23.0 Å². The Labute approximate surface area is 119 Å². The molecule has 4 rings (SSSR count). The fourth-order valence-electron chi connectivity index (χ4n) is 2.21. The van der Waals surface area contributed by atoms with Gasteiger partial charge in [-0.1, -0.05) is 11.2 Å². The van der Waals surface area contributed by atoms with Gasteiger partial charge in [0.2, 0.25) is 12.7 Å². The zero-order valence-corrected chi connectivity index (χ0v) is 10.8. The lowest BCUT2D eigenvalue weighted by Crippen LogP contribution is -1.93. The summed E-state index contributed by atoms with van der Waals surface area (Å²) in [6, 6.07) is 7.24. The molecule has 1 aromatic carbocycles. The van der Waals surface area contributed by atoms with Gasteiger partial charge >= 0.3 is 0 Å². The van der Waals surface area contributed by atoms with Crippen molar-refractivity contribution in [1.82, 2.24) is 15.1 Å². The molecule has 0 amide bonds. The van der Waals surface area contributed by atoms with Crippen molar-refractivity contribution in [3.8, 4) is 34.1 Å². The maximum Gasteiger partial charge on any atom is 0.231 e. The van der Waals surface area contributed by atoms with E-state index in [1.54, 1.807) is 18.5 Å². The van der Waals surface area contributed by atoms with E-state index < -0.39 is 0 Å². The van der Waals surface area contributed by atoms with Gasteiger partial charge in [-0.2, -0.15) is 0 Å². The van der Waals surface area contributed by atoms with Crippen molar-refractivity contribution >= 4 is 5.88 Å². The average molecular weight is 282 g/mol. The van der Waals surface area contributed by atoms with Crippen LogP contribution in [0.3, 0.4) is 0 Å². The van der Waals surface area contributed by atoms with Gasteiger partial charge in [-0.3, -0.25) is 0 Å². The van der Waals surface area contributed by atoms with E-state index in [-0.39, 0.29) is 12.7 Å². The summed E-state index contributed by atoms with van der Waals surface area (Å²) < 4.78 is 15.8. The zero-order chi connectivity index (χ0) is 14.2. The highest BCUT2D eigenvalue weighted by atomic mass is 16.7. The minimum absolute atomic E-state index is 0.205. The summed E-state index contributed by atoms with van der Waals surface area (Å²) in [6.45, 7) is 0.215. The second kappa shape index (κ2) is 4.48. The van der Waals surface area contributed by atoms with Crippen LogP contribution in [0.4, 0.5) is 5.88 Å². The molecule has 104 valence electrons. The summed E-state index contributed by atoms with van der Waals surface area (Å²) in [6.07, 6.45) is 3.27. The van der Waals surface area contributed by atoms with E-state index >= 15 is 0 Å². The first-order chi connectivity index (χ1) is 10.3. The van der Waals surface area contributed by atoms with Crippen LogP contribution in [-0.2, 0) is 0 Å². The number of anilines is 1. The van der Waals surface area contributed by atoms with Crippen molar-refractivity contribution in [2.45, 2.75) is 0 Å². The highest BCUT2D eigenvalue weighted by molar-refractivity contribution is 5.85. The summed E-state index contributed by atoms with van der Waals surface area (Å²) in [5.74, 6) is 2.02. The Hall–Kier alpha value is -3.09. The zero-order valence-electron chi connectivity index (χ0n) is 10.8. The van der Waals surface area contributed by atoms with Crippen molar-refractivity contribution in [3.63, 3.8) is 0 Å². The van der Waals surface area contributed by atoms with Crippen molar-refractivity contribution in [2.24, 2.45) is 0 Å². The van der Waals surface area contributed by atoms with E-state index in [2.05, 4.69) is 15.1 Å². The molecule has 0 saturated carbocycles. The van der Waals surface area contributed by atoms with Crippen LogP contribution in [0.2, 0.25) is 0 Å². The second-order valence-corrected chi connectivity index (χ2v) is 4.41. The minimum Gasteiger partial charge on any atom is -0.454 e. The Morgan fingerprint density at radius 2 is 1.86 bits per heavy atom. The van der Waals surface area contributed by atoms with Gasteiger partial charge in [-0.15, -0.1) is 0 Å². The molecule has 3 aromatic rings. The first kappa shape index (κ1) is 11.7. The molecule has 0 aliphatic carbocycles. The topological polar surface area (TPSA) is 96.3 Å². The molecule has 0 bridgehead atoms. The molecule has 1 aliphatic rings. The van der Waals surface area contributed by atoms with Crippen LogP contribution in [0.15, 0.2) is 41.2 Å². The Kier molecular flexibility index (Phi) is 2.50. The Morgan fingerprint density at radius 1 is 1.05 bits per heavy atom.